The molecule has 0 radical (unpaired) electrons. The van der Waals surface area contributed by atoms with Gasteiger partial charge in [-0.15, -0.1) is 0 Å². The number of anilines is 1. The number of benzene rings is 1. The highest BCUT2D eigenvalue weighted by atomic mass is 19.1. The second-order valence-corrected chi connectivity index (χ2v) is 4.87. The molecule has 20 heavy (non-hydrogen) atoms. The predicted molar refractivity (Wildman–Crippen MR) is 76.6 cm³/mol. The summed E-state index contributed by atoms with van der Waals surface area (Å²) in [5.74, 6) is -1.53. The van der Waals surface area contributed by atoms with E-state index in [9.17, 15) is 9.18 Å². The minimum atomic E-state index is -1.28. The van der Waals surface area contributed by atoms with Crippen LogP contribution in [0.3, 0.4) is 0 Å². The highest BCUT2D eigenvalue weighted by molar-refractivity contribution is 5.96. The van der Waals surface area contributed by atoms with Crippen LogP contribution in [0, 0.1) is 11.7 Å². The molecular formula is C15H22FNO3. The van der Waals surface area contributed by atoms with E-state index in [1.54, 1.807) is 0 Å². The minimum Gasteiger partial charge on any atom is -0.492 e. The van der Waals surface area contributed by atoms with Gasteiger partial charge in [-0.05, 0) is 24.5 Å². The van der Waals surface area contributed by atoms with Crippen molar-refractivity contribution >= 4 is 11.7 Å². The average molecular weight is 283 g/mol. The van der Waals surface area contributed by atoms with Gasteiger partial charge in [0.15, 0.2) is 0 Å². The number of unbranched alkanes of at least 4 members (excludes halogenated alkanes) is 1. The summed E-state index contributed by atoms with van der Waals surface area (Å²) in [6, 6.07) is 2.45. The Hall–Kier alpha value is -1.78. The molecule has 1 unspecified atom stereocenters. The van der Waals surface area contributed by atoms with Crippen LogP contribution >= 0.6 is 0 Å². The molecular weight excluding hydrogens is 261 g/mol. The largest absolute Gasteiger partial charge is 0.492 e. The van der Waals surface area contributed by atoms with Gasteiger partial charge in [-0.3, -0.25) is 0 Å². The number of nitrogens with two attached hydrogens (primary N) is 1. The number of hydrogen-bond donors (Lipinski definition) is 2. The normalized spacial score (nSPS) is 12.2. The molecule has 1 aromatic carbocycles. The highest BCUT2D eigenvalue weighted by Crippen LogP contribution is 2.28. The van der Waals surface area contributed by atoms with E-state index in [1.807, 2.05) is 0 Å². The quantitative estimate of drug-likeness (QED) is 0.713. The summed E-state index contributed by atoms with van der Waals surface area (Å²) in [7, 11) is 0. The number of halogens is 1. The number of rotatable bonds is 8. The standard InChI is InChI=1S/C15H22FNO3/c1-3-5-6-10(4-2)9-20-12-8-7-11(16)14(17)13(12)15(18)19/h7-8,10H,3-6,9,17H2,1-2H3,(H,18,19). The van der Waals surface area contributed by atoms with E-state index >= 15 is 0 Å². The number of hydrogen-bond acceptors (Lipinski definition) is 3. The molecule has 5 heteroatoms. The first-order chi connectivity index (χ1) is 9.51. The maximum Gasteiger partial charge on any atom is 0.341 e. The summed E-state index contributed by atoms with van der Waals surface area (Å²) in [6.07, 6.45) is 4.21. The molecule has 0 saturated heterocycles. The Bertz CT molecular complexity index is 463. The third-order valence-electron chi connectivity index (χ3n) is 3.39. The van der Waals surface area contributed by atoms with E-state index in [2.05, 4.69) is 13.8 Å². The Kier molecular flexibility index (Phi) is 6.28. The lowest BCUT2D eigenvalue weighted by atomic mass is 10.0. The van der Waals surface area contributed by atoms with Crippen molar-refractivity contribution in [3.8, 4) is 5.75 Å². The second-order valence-electron chi connectivity index (χ2n) is 4.87. The molecule has 0 saturated carbocycles. The van der Waals surface area contributed by atoms with Crippen molar-refractivity contribution in [3.05, 3.63) is 23.5 Å². The van der Waals surface area contributed by atoms with Gasteiger partial charge in [0.25, 0.3) is 0 Å². The Labute approximate surface area is 118 Å². The Morgan fingerprint density at radius 2 is 2.15 bits per heavy atom. The lowest BCUT2D eigenvalue weighted by Crippen LogP contribution is -2.14. The molecule has 1 aromatic rings. The number of nitrogen functional groups attached to an aromatic ring is 1. The fourth-order valence-electron chi connectivity index (χ4n) is 2.02. The summed E-state index contributed by atoms with van der Waals surface area (Å²) in [6.45, 7) is 4.61. The fourth-order valence-corrected chi connectivity index (χ4v) is 2.02. The average Bonchev–Trinajstić information content (AvgIpc) is 2.42. The minimum absolute atomic E-state index is 0.131. The summed E-state index contributed by atoms with van der Waals surface area (Å²) in [4.78, 5) is 11.2. The van der Waals surface area contributed by atoms with E-state index in [1.165, 1.54) is 6.07 Å². The van der Waals surface area contributed by atoms with Crippen LogP contribution in [0.4, 0.5) is 10.1 Å². The maximum atomic E-state index is 13.3. The van der Waals surface area contributed by atoms with Crippen molar-refractivity contribution in [3.63, 3.8) is 0 Å². The molecule has 112 valence electrons. The third-order valence-corrected chi connectivity index (χ3v) is 3.39. The highest BCUT2D eigenvalue weighted by Gasteiger charge is 2.19. The maximum absolute atomic E-state index is 13.3. The first-order valence-corrected chi connectivity index (χ1v) is 6.95. The fraction of sp³-hybridized carbons (Fsp3) is 0.533. The van der Waals surface area contributed by atoms with Gasteiger partial charge in [0.1, 0.15) is 17.1 Å². The molecule has 0 bridgehead atoms. The lowest BCUT2D eigenvalue weighted by molar-refractivity contribution is 0.0691. The molecule has 0 amide bonds. The molecule has 0 aliphatic carbocycles. The molecule has 1 rings (SSSR count). The van der Waals surface area contributed by atoms with Gasteiger partial charge in [-0.1, -0.05) is 33.1 Å². The van der Waals surface area contributed by atoms with Crippen molar-refractivity contribution in [1.29, 1.82) is 0 Å². The van der Waals surface area contributed by atoms with Crippen LogP contribution in [0.2, 0.25) is 0 Å². The van der Waals surface area contributed by atoms with Crippen molar-refractivity contribution in [2.24, 2.45) is 5.92 Å². The van der Waals surface area contributed by atoms with Crippen LogP contribution in [0.1, 0.15) is 49.9 Å². The van der Waals surface area contributed by atoms with Gasteiger partial charge in [0.05, 0.1) is 12.3 Å². The van der Waals surface area contributed by atoms with Crippen molar-refractivity contribution in [2.75, 3.05) is 12.3 Å². The predicted octanol–water partition coefficient (Wildman–Crippen LogP) is 3.70. The van der Waals surface area contributed by atoms with Crippen LogP contribution < -0.4 is 10.5 Å². The molecule has 0 aliphatic rings. The molecule has 1 atom stereocenters. The lowest BCUT2D eigenvalue weighted by Gasteiger charge is -2.17. The third kappa shape index (κ3) is 4.11. The van der Waals surface area contributed by atoms with Crippen LogP contribution in [0.5, 0.6) is 5.75 Å². The van der Waals surface area contributed by atoms with E-state index in [0.717, 1.165) is 31.7 Å². The number of aromatic carboxylic acids is 1. The molecule has 4 nitrogen and oxygen atoms in total. The van der Waals surface area contributed by atoms with Crippen molar-refractivity contribution in [2.45, 2.75) is 39.5 Å². The summed E-state index contributed by atoms with van der Waals surface area (Å²) < 4.78 is 18.9. The van der Waals surface area contributed by atoms with Gasteiger partial charge in [-0.25, -0.2) is 9.18 Å². The second kappa shape index (κ2) is 7.72. The molecule has 0 aromatic heterocycles. The molecule has 0 aliphatic heterocycles. The number of carboxylic acid groups (broad SMARTS) is 1. The zero-order valence-electron chi connectivity index (χ0n) is 12.0. The number of carboxylic acids is 1. The van der Waals surface area contributed by atoms with E-state index in [-0.39, 0.29) is 17.0 Å². The van der Waals surface area contributed by atoms with Crippen LogP contribution in [-0.4, -0.2) is 17.7 Å². The van der Waals surface area contributed by atoms with E-state index in [4.69, 9.17) is 15.6 Å². The molecule has 0 spiro atoms. The first-order valence-electron chi connectivity index (χ1n) is 6.95. The first kappa shape index (κ1) is 16.3. The van der Waals surface area contributed by atoms with E-state index < -0.39 is 11.8 Å². The monoisotopic (exact) mass is 283 g/mol. The summed E-state index contributed by atoms with van der Waals surface area (Å²) in [5.41, 5.74) is 4.79. The van der Waals surface area contributed by atoms with Crippen molar-refractivity contribution in [1.82, 2.24) is 0 Å². The molecule has 0 heterocycles. The van der Waals surface area contributed by atoms with Crippen LogP contribution in [0.25, 0.3) is 0 Å². The van der Waals surface area contributed by atoms with Gasteiger partial charge in [0, 0.05) is 0 Å². The number of ether oxygens (including phenoxy) is 1. The zero-order valence-corrected chi connectivity index (χ0v) is 12.0. The molecule has 0 fully saturated rings. The number of carbonyl (C=O) groups is 1. The van der Waals surface area contributed by atoms with Crippen LogP contribution in [0.15, 0.2) is 12.1 Å². The Morgan fingerprint density at radius 1 is 1.45 bits per heavy atom. The van der Waals surface area contributed by atoms with Gasteiger partial charge < -0.3 is 15.6 Å². The van der Waals surface area contributed by atoms with Gasteiger partial charge >= 0.3 is 5.97 Å². The van der Waals surface area contributed by atoms with Crippen LogP contribution in [-0.2, 0) is 0 Å². The Morgan fingerprint density at radius 3 is 2.70 bits per heavy atom. The Balaban J connectivity index is 2.82. The smallest absolute Gasteiger partial charge is 0.341 e. The molecule has 3 N–H and O–H groups in total. The summed E-state index contributed by atoms with van der Waals surface area (Å²) in [5, 5.41) is 9.11. The van der Waals surface area contributed by atoms with Gasteiger partial charge in [-0.2, -0.15) is 0 Å². The summed E-state index contributed by atoms with van der Waals surface area (Å²) >= 11 is 0. The van der Waals surface area contributed by atoms with Crippen molar-refractivity contribution < 1.29 is 19.0 Å². The van der Waals surface area contributed by atoms with E-state index in [0.29, 0.717) is 12.5 Å². The topological polar surface area (TPSA) is 72.5 Å². The zero-order chi connectivity index (χ0) is 15.1. The van der Waals surface area contributed by atoms with Gasteiger partial charge in [0.2, 0.25) is 0 Å². The SMILES string of the molecule is CCCCC(CC)COc1ccc(F)c(N)c1C(=O)O.